The fraction of sp³-hybridized carbons (Fsp3) is 0.316. The van der Waals surface area contributed by atoms with Crippen molar-refractivity contribution in [3.63, 3.8) is 0 Å². The minimum atomic E-state index is 0.192. The molecule has 0 aliphatic heterocycles. The highest BCUT2D eigenvalue weighted by molar-refractivity contribution is 5.45. The Morgan fingerprint density at radius 1 is 0.737 bits per heavy atom. The van der Waals surface area contributed by atoms with Gasteiger partial charge >= 0.3 is 0 Å². The number of benzene rings is 2. The lowest BCUT2D eigenvalue weighted by Gasteiger charge is -2.39. The van der Waals surface area contributed by atoms with Crippen LogP contribution in [0.2, 0.25) is 0 Å². The third kappa shape index (κ3) is 2.20. The maximum Gasteiger partial charge on any atom is 0.0205 e. The average Bonchev–Trinajstić information content (AvgIpc) is 2.49. The molecule has 0 unspecified atom stereocenters. The van der Waals surface area contributed by atoms with E-state index in [1.54, 1.807) is 0 Å². The van der Waals surface area contributed by atoms with Crippen LogP contribution in [-0.2, 0) is 5.41 Å². The second-order valence-electron chi connectivity index (χ2n) is 5.67. The van der Waals surface area contributed by atoms with E-state index in [0.29, 0.717) is 0 Å². The summed E-state index contributed by atoms with van der Waals surface area (Å²) in [6, 6.07) is 19.7. The Balaban J connectivity index is 2.15. The highest BCUT2D eigenvalue weighted by Gasteiger charge is 2.36. The van der Waals surface area contributed by atoms with E-state index < -0.39 is 0 Å². The molecule has 3 rings (SSSR count). The lowest BCUT2D eigenvalue weighted by molar-refractivity contribution is 0.345. The normalized spacial score (nSPS) is 18.2. The number of hydrogen-bond acceptors (Lipinski definition) is 0. The largest absolute Gasteiger partial charge is 0.0622 e. The van der Waals surface area contributed by atoms with Crippen molar-refractivity contribution in [2.45, 2.75) is 37.5 Å². The molecule has 0 heterocycles. The van der Waals surface area contributed by atoms with Crippen LogP contribution in [0.5, 0.6) is 0 Å². The van der Waals surface area contributed by atoms with Gasteiger partial charge in [-0.1, -0.05) is 73.9 Å². The first-order valence-corrected chi connectivity index (χ1v) is 7.30. The maximum atomic E-state index is 4.27. The molecule has 0 nitrogen and oxygen atoms in total. The zero-order chi connectivity index (χ0) is 13.1. The van der Waals surface area contributed by atoms with E-state index in [9.17, 15) is 0 Å². The first-order valence-electron chi connectivity index (χ1n) is 7.30. The zero-order valence-corrected chi connectivity index (χ0v) is 11.4. The molecule has 0 aromatic heterocycles. The molecule has 19 heavy (non-hydrogen) atoms. The molecule has 0 bridgehead atoms. The van der Waals surface area contributed by atoms with Gasteiger partial charge in [0.05, 0.1) is 0 Å². The van der Waals surface area contributed by atoms with Crippen LogP contribution in [0.15, 0.2) is 54.6 Å². The highest BCUT2D eigenvalue weighted by atomic mass is 14.4. The lowest BCUT2D eigenvalue weighted by Crippen LogP contribution is -2.31. The third-order valence-corrected chi connectivity index (χ3v) is 4.57. The van der Waals surface area contributed by atoms with Crippen molar-refractivity contribution in [2.24, 2.45) is 0 Å². The molecule has 0 amide bonds. The molecule has 1 fully saturated rings. The van der Waals surface area contributed by atoms with Crippen LogP contribution in [0.25, 0.3) is 0 Å². The summed E-state index contributed by atoms with van der Waals surface area (Å²) < 4.78 is 0. The monoisotopic (exact) mass is 249 g/mol. The summed E-state index contributed by atoms with van der Waals surface area (Å²) in [5, 5.41) is 0. The predicted octanol–water partition coefficient (Wildman–Crippen LogP) is 5.12. The van der Waals surface area contributed by atoms with Gasteiger partial charge in [0.15, 0.2) is 0 Å². The Kier molecular flexibility index (Phi) is 3.42. The summed E-state index contributed by atoms with van der Waals surface area (Å²) in [7, 11) is 0. The van der Waals surface area contributed by atoms with Crippen molar-refractivity contribution >= 4 is 0 Å². The first-order chi connectivity index (χ1) is 9.33. The predicted molar refractivity (Wildman–Crippen MR) is 81.2 cm³/mol. The smallest absolute Gasteiger partial charge is 0.0205 e. The molecule has 0 spiro atoms. The SMILES string of the molecule is [CH2]c1ccccc1C1(c2ccccc2)CCCCC1. The van der Waals surface area contributed by atoms with Crippen LogP contribution in [0.1, 0.15) is 48.8 Å². The molecular weight excluding hydrogens is 228 g/mol. The van der Waals surface area contributed by atoms with E-state index in [2.05, 4.69) is 61.5 Å². The molecule has 1 radical (unpaired) electrons. The molecule has 0 N–H and O–H groups in total. The minimum Gasteiger partial charge on any atom is -0.0622 e. The van der Waals surface area contributed by atoms with Crippen LogP contribution >= 0.6 is 0 Å². The molecule has 2 aromatic rings. The molecule has 0 atom stereocenters. The van der Waals surface area contributed by atoms with Crippen molar-refractivity contribution in [1.82, 2.24) is 0 Å². The van der Waals surface area contributed by atoms with Gasteiger partial charge in [0.25, 0.3) is 0 Å². The van der Waals surface area contributed by atoms with Gasteiger partial charge in [-0.25, -0.2) is 0 Å². The minimum absolute atomic E-state index is 0.192. The van der Waals surface area contributed by atoms with Crippen molar-refractivity contribution in [3.05, 3.63) is 78.2 Å². The second kappa shape index (κ2) is 5.21. The maximum absolute atomic E-state index is 4.27. The fourth-order valence-corrected chi connectivity index (χ4v) is 3.61. The van der Waals surface area contributed by atoms with E-state index in [1.807, 2.05) is 0 Å². The van der Waals surface area contributed by atoms with Crippen LogP contribution in [0.4, 0.5) is 0 Å². The molecule has 1 aliphatic carbocycles. The van der Waals surface area contributed by atoms with Crippen molar-refractivity contribution in [1.29, 1.82) is 0 Å². The van der Waals surface area contributed by atoms with Gasteiger partial charge < -0.3 is 0 Å². The summed E-state index contributed by atoms with van der Waals surface area (Å²) in [5.41, 5.74) is 4.28. The van der Waals surface area contributed by atoms with E-state index in [0.717, 1.165) is 0 Å². The second-order valence-corrected chi connectivity index (χ2v) is 5.67. The van der Waals surface area contributed by atoms with Gasteiger partial charge in [0.2, 0.25) is 0 Å². The average molecular weight is 249 g/mol. The Morgan fingerprint density at radius 2 is 1.37 bits per heavy atom. The van der Waals surface area contributed by atoms with Gasteiger partial charge in [0, 0.05) is 5.41 Å². The van der Waals surface area contributed by atoms with Gasteiger partial charge in [-0.05, 0) is 36.5 Å². The zero-order valence-electron chi connectivity index (χ0n) is 11.4. The van der Waals surface area contributed by atoms with E-state index in [4.69, 9.17) is 0 Å². The molecule has 0 saturated heterocycles. The molecule has 97 valence electrons. The fourth-order valence-electron chi connectivity index (χ4n) is 3.61. The molecule has 0 heteroatoms. The highest BCUT2D eigenvalue weighted by Crippen LogP contribution is 2.45. The van der Waals surface area contributed by atoms with Gasteiger partial charge in [-0.15, -0.1) is 0 Å². The van der Waals surface area contributed by atoms with Crippen LogP contribution < -0.4 is 0 Å². The van der Waals surface area contributed by atoms with Gasteiger partial charge in [0.1, 0.15) is 0 Å². The first kappa shape index (κ1) is 12.5. The Bertz CT molecular complexity index is 533. The summed E-state index contributed by atoms with van der Waals surface area (Å²) in [6.07, 6.45) is 6.52. The third-order valence-electron chi connectivity index (χ3n) is 4.57. The molecule has 1 aliphatic rings. The van der Waals surface area contributed by atoms with Crippen molar-refractivity contribution in [3.8, 4) is 0 Å². The number of hydrogen-bond donors (Lipinski definition) is 0. The molecule has 1 saturated carbocycles. The van der Waals surface area contributed by atoms with Gasteiger partial charge in [-0.3, -0.25) is 0 Å². The Morgan fingerprint density at radius 3 is 2.05 bits per heavy atom. The van der Waals surface area contributed by atoms with Gasteiger partial charge in [-0.2, -0.15) is 0 Å². The summed E-state index contributed by atoms with van der Waals surface area (Å²) in [5.74, 6) is 0. The standard InChI is InChI=1S/C19H21/c1-16-10-6-7-13-18(16)19(14-8-3-9-15-19)17-11-4-2-5-12-17/h2,4-7,10-13H,1,3,8-9,14-15H2. The summed E-state index contributed by atoms with van der Waals surface area (Å²) >= 11 is 0. The summed E-state index contributed by atoms with van der Waals surface area (Å²) in [4.78, 5) is 0. The van der Waals surface area contributed by atoms with Crippen LogP contribution in [-0.4, -0.2) is 0 Å². The molecular formula is C19H21. The Hall–Kier alpha value is -1.56. The van der Waals surface area contributed by atoms with Crippen LogP contribution in [0, 0.1) is 6.92 Å². The van der Waals surface area contributed by atoms with E-state index in [1.165, 1.54) is 48.8 Å². The van der Waals surface area contributed by atoms with Crippen molar-refractivity contribution in [2.75, 3.05) is 0 Å². The van der Waals surface area contributed by atoms with E-state index in [-0.39, 0.29) is 5.41 Å². The Labute approximate surface area is 116 Å². The lowest BCUT2D eigenvalue weighted by atomic mass is 9.64. The topological polar surface area (TPSA) is 0 Å². The van der Waals surface area contributed by atoms with Crippen molar-refractivity contribution < 1.29 is 0 Å². The van der Waals surface area contributed by atoms with E-state index >= 15 is 0 Å². The molecule has 2 aromatic carbocycles. The summed E-state index contributed by atoms with van der Waals surface area (Å²) in [6.45, 7) is 4.27. The van der Waals surface area contributed by atoms with Crippen LogP contribution in [0.3, 0.4) is 0 Å². The number of rotatable bonds is 2. The quantitative estimate of drug-likeness (QED) is 0.693.